The fourth-order valence-electron chi connectivity index (χ4n) is 1.94. The average Bonchev–Trinajstić information content (AvgIpc) is 2.54. The quantitative estimate of drug-likeness (QED) is 0.856. The SMILES string of the molecule is CCC(C)NC(=O)c1ccccc1NCc1ccncc1. The summed E-state index contributed by atoms with van der Waals surface area (Å²) in [5.74, 6) is -0.0396. The maximum atomic E-state index is 12.3. The van der Waals surface area contributed by atoms with Crippen LogP contribution in [0.4, 0.5) is 5.69 Å². The predicted octanol–water partition coefficient (Wildman–Crippen LogP) is 3.22. The van der Waals surface area contributed by atoms with Gasteiger partial charge < -0.3 is 10.6 Å². The van der Waals surface area contributed by atoms with Crippen LogP contribution in [0.25, 0.3) is 0 Å². The molecule has 2 aromatic rings. The standard InChI is InChI=1S/C17H21N3O/c1-3-13(2)20-17(21)15-6-4-5-7-16(15)19-12-14-8-10-18-11-9-14/h4-11,13,19H,3,12H2,1-2H3,(H,20,21). The lowest BCUT2D eigenvalue weighted by atomic mass is 10.1. The number of benzene rings is 1. The molecule has 0 aliphatic carbocycles. The van der Waals surface area contributed by atoms with Gasteiger partial charge in [0.15, 0.2) is 0 Å². The first-order chi connectivity index (χ1) is 10.2. The number of carbonyl (C=O) groups excluding carboxylic acids is 1. The highest BCUT2D eigenvalue weighted by Crippen LogP contribution is 2.16. The molecule has 0 aliphatic heterocycles. The van der Waals surface area contributed by atoms with Crippen LogP contribution in [0.5, 0.6) is 0 Å². The number of anilines is 1. The molecule has 110 valence electrons. The van der Waals surface area contributed by atoms with Crippen LogP contribution in [0.2, 0.25) is 0 Å². The first-order valence-electron chi connectivity index (χ1n) is 7.23. The maximum absolute atomic E-state index is 12.3. The van der Waals surface area contributed by atoms with Gasteiger partial charge in [-0.1, -0.05) is 19.1 Å². The molecule has 0 saturated carbocycles. The summed E-state index contributed by atoms with van der Waals surface area (Å²) < 4.78 is 0. The molecule has 0 fully saturated rings. The second-order valence-corrected chi connectivity index (χ2v) is 5.04. The van der Waals surface area contributed by atoms with E-state index in [1.807, 2.05) is 43.3 Å². The summed E-state index contributed by atoms with van der Waals surface area (Å²) in [6, 6.07) is 11.6. The van der Waals surface area contributed by atoms with Crippen molar-refractivity contribution in [1.29, 1.82) is 0 Å². The molecular weight excluding hydrogens is 262 g/mol. The number of nitrogens with one attached hydrogen (secondary N) is 2. The minimum Gasteiger partial charge on any atom is -0.380 e. The molecule has 4 heteroatoms. The van der Waals surface area contributed by atoms with Gasteiger partial charge in [-0.3, -0.25) is 9.78 Å². The van der Waals surface area contributed by atoms with Crippen LogP contribution in [0.3, 0.4) is 0 Å². The van der Waals surface area contributed by atoms with Crippen LogP contribution < -0.4 is 10.6 Å². The molecule has 2 N–H and O–H groups in total. The van der Waals surface area contributed by atoms with Crippen molar-refractivity contribution in [3.8, 4) is 0 Å². The lowest BCUT2D eigenvalue weighted by Crippen LogP contribution is -2.32. The smallest absolute Gasteiger partial charge is 0.253 e. The van der Waals surface area contributed by atoms with Gasteiger partial charge in [-0.15, -0.1) is 0 Å². The van der Waals surface area contributed by atoms with Crippen LogP contribution in [0.15, 0.2) is 48.8 Å². The minimum atomic E-state index is -0.0396. The van der Waals surface area contributed by atoms with Gasteiger partial charge in [0, 0.05) is 30.7 Å². The summed E-state index contributed by atoms with van der Waals surface area (Å²) in [6.07, 6.45) is 4.44. The van der Waals surface area contributed by atoms with Crippen molar-refractivity contribution >= 4 is 11.6 Å². The fraction of sp³-hybridized carbons (Fsp3) is 0.294. The number of pyridine rings is 1. The van der Waals surface area contributed by atoms with Gasteiger partial charge in [-0.2, -0.15) is 0 Å². The van der Waals surface area contributed by atoms with Gasteiger partial charge in [-0.25, -0.2) is 0 Å². The van der Waals surface area contributed by atoms with Crippen molar-refractivity contribution in [2.75, 3.05) is 5.32 Å². The number of nitrogens with zero attached hydrogens (tertiary/aromatic N) is 1. The lowest BCUT2D eigenvalue weighted by molar-refractivity contribution is 0.0940. The largest absolute Gasteiger partial charge is 0.380 e. The second kappa shape index (κ2) is 7.43. The first-order valence-corrected chi connectivity index (χ1v) is 7.23. The number of carbonyl (C=O) groups is 1. The Bertz CT molecular complexity index is 584. The third-order valence-electron chi connectivity index (χ3n) is 3.39. The molecule has 1 aromatic heterocycles. The van der Waals surface area contributed by atoms with E-state index in [9.17, 15) is 4.79 Å². The number of hydrogen-bond acceptors (Lipinski definition) is 3. The summed E-state index contributed by atoms with van der Waals surface area (Å²) in [6.45, 7) is 4.72. The molecule has 0 bridgehead atoms. The molecule has 1 unspecified atom stereocenters. The van der Waals surface area contributed by atoms with Gasteiger partial charge in [0.2, 0.25) is 0 Å². The molecule has 2 rings (SSSR count). The summed E-state index contributed by atoms with van der Waals surface area (Å²) in [5, 5.41) is 6.31. The molecule has 1 amide bonds. The number of aromatic nitrogens is 1. The van der Waals surface area contributed by atoms with Crippen LogP contribution in [0.1, 0.15) is 36.2 Å². The van der Waals surface area contributed by atoms with E-state index in [2.05, 4.69) is 22.5 Å². The molecule has 21 heavy (non-hydrogen) atoms. The van der Waals surface area contributed by atoms with E-state index in [1.54, 1.807) is 12.4 Å². The summed E-state index contributed by atoms with van der Waals surface area (Å²) in [4.78, 5) is 16.3. The Hall–Kier alpha value is -2.36. The van der Waals surface area contributed by atoms with Crippen LogP contribution in [-0.2, 0) is 6.54 Å². The Morgan fingerprint density at radius 2 is 1.90 bits per heavy atom. The van der Waals surface area contributed by atoms with Crippen molar-refractivity contribution in [3.63, 3.8) is 0 Å². The first kappa shape index (κ1) is 15.0. The normalized spacial score (nSPS) is 11.7. The summed E-state index contributed by atoms with van der Waals surface area (Å²) >= 11 is 0. The predicted molar refractivity (Wildman–Crippen MR) is 85.2 cm³/mol. The zero-order chi connectivity index (χ0) is 15.1. The number of hydrogen-bond donors (Lipinski definition) is 2. The van der Waals surface area contributed by atoms with E-state index in [0.29, 0.717) is 12.1 Å². The monoisotopic (exact) mass is 283 g/mol. The fourth-order valence-corrected chi connectivity index (χ4v) is 1.94. The summed E-state index contributed by atoms with van der Waals surface area (Å²) in [5.41, 5.74) is 2.64. The molecule has 0 radical (unpaired) electrons. The number of rotatable bonds is 6. The molecule has 4 nitrogen and oxygen atoms in total. The van der Waals surface area contributed by atoms with Crippen molar-refractivity contribution < 1.29 is 4.79 Å². The molecule has 0 saturated heterocycles. The lowest BCUT2D eigenvalue weighted by Gasteiger charge is -2.15. The highest BCUT2D eigenvalue weighted by Gasteiger charge is 2.12. The van der Waals surface area contributed by atoms with Crippen LogP contribution >= 0.6 is 0 Å². The third kappa shape index (κ3) is 4.31. The van der Waals surface area contributed by atoms with Gasteiger partial charge in [0.1, 0.15) is 0 Å². The van der Waals surface area contributed by atoms with E-state index in [4.69, 9.17) is 0 Å². The molecule has 1 atom stereocenters. The second-order valence-electron chi connectivity index (χ2n) is 5.04. The Balaban J connectivity index is 2.08. The Morgan fingerprint density at radius 3 is 2.62 bits per heavy atom. The minimum absolute atomic E-state index is 0.0396. The van der Waals surface area contributed by atoms with Gasteiger partial charge in [0.05, 0.1) is 5.56 Å². The van der Waals surface area contributed by atoms with Gasteiger partial charge >= 0.3 is 0 Å². The molecule has 0 aliphatic rings. The van der Waals surface area contributed by atoms with Crippen LogP contribution in [-0.4, -0.2) is 16.9 Å². The molecular formula is C17H21N3O. The van der Waals surface area contributed by atoms with Crippen molar-refractivity contribution in [1.82, 2.24) is 10.3 Å². The Labute approximate surface area is 125 Å². The Kier molecular flexibility index (Phi) is 5.32. The molecule has 1 heterocycles. The zero-order valence-electron chi connectivity index (χ0n) is 12.5. The van der Waals surface area contributed by atoms with E-state index in [0.717, 1.165) is 17.7 Å². The topological polar surface area (TPSA) is 54.0 Å². The highest BCUT2D eigenvalue weighted by atomic mass is 16.1. The van der Waals surface area contributed by atoms with Crippen molar-refractivity contribution in [3.05, 3.63) is 59.9 Å². The van der Waals surface area contributed by atoms with E-state index in [-0.39, 0.29) is 11.9 Å². The number of para-hydroxylation sites is 1. The zero-order valence-corrected chi connectivity index (χ0v) is 12.5. The van der Waals surface area contributed by atoms with E-state index < -0.39 is 0 Å². The van der Waals surface area contributed by atoms with E-state index >= 15 is 0 Å². The van der Waals surface area contributed by atoms with Crippen molar-refractivity contribution in [2.24, 2.45) is 0 Å². The average molecular weight is 283 g/mol. The Morgan fingerprint density at radius 1 is 1.19 bits per heavy atom. The maximum Gasteiger partial charge on any atom is 0.253 e. The third-order valence-corrected chi connectivity index (χ3v) is 3.39. The van der Waals surface area contributed by atoms with Crippen LogP contribution in [0, 0.1) is 0 Å². The molecule has 0 spiro atoms. The molecule has 1 aromatic carbocycles. The highest BCUT2D eigenvalue weighted by molar-refractivity contribution is 5.99. The van der Waals surface area contributed by atoms with Crippen molar-refractivity contribution in [2.45, 2.75) is 32.9 Å². The van der Waals surface area contributed by atoms with E-state index in [1.165, 1.54) is 0 Å². The summed E-state index contributed by atoms with van der Waals surface area (Å²) in [7, 11) is 0. The van der Waals surface area contributed by atoms with Gasteiger partial charge in [0.25, 0.3) is 5.91 Å². The van der Waals surface area contributed by atoms with Gasteiger partial charge in [-0.05, 0) is 43.2 Å². The number of amides is 1.